The molecule has 0 spiro atoms. The van der Waals surface area contributed by atoms with Crippen molar-refractivity contribution >= 4 is 17.9 Å². The number of hydrogen-bond acceptors (Lipinski definition) is 6. The van der Waals surface area contributed by atoms with Gasteiger partial charge in [-0.1, -0.05) is 251 Å². The van der Waals surface area contributed by atoms with Gasteiger partial charge in [-0.05, 0) is 38.5 Å². The largest absolute Gasteiger partial charge is 0.462 e. The van der Waals surface area contributed by atoms with Gasteiger partial charge in [0.2, 0.25) is 0 Å². The van der Waals surface area contributed by atoms with E-state index >= 15 is 0 Å². The Bertz CT molecular complexity index is 931. The first-order chi connectivity index (χ1) is 29.5. The number of carbonyl (C=O) groups is 3. The molecule has 0 fully saturated rings. The molecule has 0 aliphatic carbocycles. The Balaban J connectivity index is 4.23. The number of carbonyl (C=O) groups excluding carboxylic acids is 3. The zero-order valence-corrected chi connectivity index (χ0v) is 40.5. The number of hydrogen-bond donors (Lipinski definition) is 0. The van der Waals surface area contributed by atoms with Crippen LogP contribution in [0.4, 0.5) is 0 Å². The van der Waals surface area contributed by atoms with Crippen molar-refractivity contribution in [3.05, 3.63) is 12.2 Å². The summed E-state index contributed by atoms with van der Waals surface area (Å²) in [5, 5.41) is 0. The Morgan fingerprint density at radius 2 is 0.567 bits per heavy atom. The summed E-state index contributed by atoms with van der Waals surface area (Å²) in [5.41, 5.74) is 0. The molecule has 1 unspecified atom stereocenters. The molecule has 0 aromatic heterocycles. The maximum absolute atomic E-state index is 12.8. The molecular formula is C54H102O6. The second-order valence-corrected chi connectivity index (χ2v) is 18.2. The van der Waals surface area contributed by atoms with E-state index in [0.29, 0.717) is 19.3 Å². The molecule has 6 heteroatoms. The lowest BCUT2D eigenvalue weighted by molar-refractivity contribution is -0.167. The summed E-state index contributed by atoms with van der Waals surface area (Å²) in [6, 6.07) is 0. The van der Waals surface area contributed by atoms with E-state index in [1.807, 2.05) is 0 Å². The molecule has 60 heavy (non-hydrogen) atoms. The summed E-state index contributed by atoms with van der Waals surface area (Å²) in [5.74, 6) is -0.892. The third-order valence-corrected chi connectivity index (χ3v) is 12.0. The highest BCUT2D eigenvalue weighted by Crippen LogP contribution is 2.17. The van der Waals surface area contributed by atoms with Gasteiger partial charge in [0.1, 0.15) is 13.2 Å². The number of allylic oxidation sites excluding steroid dienone is 2. The summed E-state index contributed by atoms with van der Waals surface area (Å²) >= 11 is 0. The second-order valence-electron chi connectivity index (χ2n) is 18.2. The normalized spacial score (nSPS) is 12.0. The van der Waals surface area contributed by atoms with Crippen LogP contribution in [0.15, 0.2) is 12.2 Å². The Hall–Kier alpha value is -1.85. The van der Waals surface area contributed by atoms with E-state index in [1.54, 1.807) is 0 Å². The third-order valence-electron chi connectivity index (χ3n) is 12.0. The van der Waals surface area contributed by atoms with Crippen molar-refractivity contribution in [1.29, 1.82) is 0 Å². The maximum atomic E-state index is 12.8. The fourth-order valence-electron chi connectivity index (χ4n) is 7.98. The quantitative estimate of drug-likeness (QED) is 0.0263. The molecule has 354 valence electrons. The lowest BCUT2D eigenvalue weighted by Gasteiger charge is -2.18. The van der Waals surface area contributed by atoms with Gasteiger partial charge < -0.3 is 14.2 Å². The van der Waals surface area contributed by atoms with Gasteiger partial charge in [-0.15, -0.1) is 0 Å². The van der Waals surface area contributed by atoms with Crippen molar-refractivity contribution < 1.29 is 28.6 Å². The summed E-state index contributed by atoms with van der Waals surface area (Å²) < 4.78 is 16.8. The van der Waals surface area contributed by atoms with Gasteiger partial charge in [0, 0.05) is 19.3 Å². The van der Waals surface area contributed by atoms with Gasteiger partial charge >= 0.3 is 17.9 Å². The van der Waals surface area contributed by atoms with Gasteiger partial charge in [0.05, 0.1) is 0 Å². The van der Waals surface area contributed by atoms with Crippen LogP contribution >= 0.6 is 0 Å². The summed E-state index contributed by atoms with van der Waals surface area (Å²) in [7, 11) is 0. The van der Waals surface area contributed by atoms with Crippen molar-refractivity contribution in [2.75, 3.05) is 13.2 Å². The molecule has 0 rings (SSSR count). The number of unbranched alkanes of at least 4 members (excludes halogenated alkanes) is 36. The zero-order valence-electron chi connectivity index (χ0n) is 40.5. The molecule has 0 saturated carbocycles. The summed E-state index contributed by atoms with van der Waals surface area (Å²) in [4.78, 5) is 37.9. The number of ether oxygens (including phenoxy) is 3. The fraction of sp³-hybridized carbons (Fsp3) is 0.907. The third kappa shape index (κ3) is 47.2. The van der Waals surface area contributed by atoms with E-state index in [2.05, 4.69) is 32.9 Å². The first-order valence-electron chi connectivity index (χ1n) is 26.7. The predicted octanol–water partition coefficient (Wildman–Crippen LogP) is 17.4. The Morgan fingerprint density at radius 1 is 0.317 bits per heavy atom. The van der Waals surface area contributed by atoms with Gasteiger partial charge in [0.25, 0.3) is 0 Å². The highest BCUT2D eigenvalue weighted by atomic mass is 16.6. The SMILES string of the molecule is CCCCCC/C=C\CCCC(=O)OCC(COC(=O)CCCCCCCCCCCCCCCCCCCCC)OC(=O)CCCCCCCCCCCCCCCC. The highest BCUT2D eigenvalue weighted by Gasteiger charge is 2.19. The minimum Gasteiger partial charge on any atom is -0.462 e. The van der Waals surface area contributed by atoms with Crippen LogP contribution in [0, 0.1) is 0 Å². The van der Waals surface area contributed by atoms with E-state index in [-0.39, 0.29) is 31.1 Å². The molecule has 1 atom stereocenters. The van der Waals surface area contributed by atoms with Crippen molar-refractivity contribution in [2.45, 2.75) is 303 Å². The average molecular weight is 847 g/mol. The fourth-order valence-corrected chi connectivity index (χ4v) is 7.98. The smallest absolute Gasteiger partial charge is 0.306 e. The van der Waals surface area contributed by atoms with E-state index < -0.39 is 6.10 Å². The Morgan fingerprint density at radius 3 is 0.900 bits per heavy atom. The molecule has 0 bridgehead atoms. The zero-order chi connectivity index (χ0) is 43.7. The Labute approximate surface area is 373 Å². The summed E-state index contributed by atoms with van der Waals surface area (Å²) in [6.45, 7) is 6.62. The van der Waals surface area contributed by atoms with Crippen molar-refractivity contribution in [1.82, 2.24) is 0 Å². The number of esters is 3. The van der Waals surface area contributed by atoms with E-state index in [4.69, 9.17) is 14.2 Å². The lowest BCUT2D eigenvalue weighted by atomic mass is 10.0. The van der Waals surface area contributed by atoms with Crippen LogP contribution in [0.5, 0.6) is 0 Å². The van der Waals surface area contributed by atoms with Crippen molar-refractivity contribution in [3.8, 4) is 0 Å². The molecule has 0 amide bonds. The molecule has 0 radical (unpaired) electrons. The van der Waals surface area contributed by atoms with Crippen LogP contribution in [-0.2, 0) is 28.6 Å². The van der Waals surface area contributed by atoms with Gasteiger partial charge in [-0.2, -0.15) is 0 Å². The standard InChI is InChI=1S/C54H102O6/c1-4-7-10-13-16-19-21-23-25-26-27-28-29-31-32-35-38-41-44-47-53(56)59-50-51(49-58-52(55)46-43-40-37-34-18-15-12-9-6-3)60-54(57)48-45-42-39-36-33-30-24-22-20-17-14-11-8-5-2/h34,37,51H,4-33,35-36,38-50H2,1-3H3/b37-34-. The molecule has 0 N–H and O–H groups in total. The Kier molecular flexibility index (Phi) is 48.3. The second kappa shape index (κ2) is 49.8. The highest BCUT2D eigenvalue weighted by molar-refractivity contribution is 5.71. The minimum atomic E-state index is -0.773. The number of rotatable bonds is 49. The van der Waals surface area contributed by atoms with E-state index in [0.717, 1.165) is 57.8 Å². The minimum absolute atomic E-state index is 0.0729. The van der Waals surface area contributed by atoms with Crippen molar-refractivity contribution in [3.63, 3.8) is 0 Å². The molecule has 6 nitrogen and oxygen atoms in total. The monoisotopic (exact) mass is 847 g/mol. The first kappa shape index (κ1) is 58.1. The van der Waals surface area contributed by atoms with Gasteiger partial charge in [0.15, 0.2) is 6.10 Å². The van der Waals surface area contributed by atoms with Crippen molar-refractivity contribution in [2.24, 2.45) is 0 Å². The van der Waals surface area contributed by atoms with Crippen LogP contribution in [0.2, 0.25) is 0 Å². The van der Waals surface area contributed by atoms with Crippen LogP contribution in [0.25, 0.3) is 0 Å². The van der Waals surface area contributed by atoms with Crippen LogP contribution in [-0.4, -0.2) is 37.2 Å². The van der Waals surface area contributed by atoms with E-state index in [9.17, 15) is 14.4 Å². The average Bonchev–Trinajstić information content (AvgIpc) is 3.24. The van der Waals surface area contributed by atoms with Crippen LogP contribution in [0.1, 0.15) is 297 Å². The molecule has 0 aliphatic rings. The molecular weight excluding hydrogens is 745 g/mol. The molecule has 0 aromatic carbocycles. The molecule has 0 heterocycles. The molecule has 0 aliphatic heterocycles. The van der Waals surface area contributed by atoms with Crippen LogP contribution in [0.3, 0.4) is 0 Å². The van der Waals surface area contributed by atoms with Gasteiger partial charge in [-0.3, -0.25) is 14.4 Å². The molecule has 0 saturated heterocycles. The topological polar surface area (TPSA) is 78.9 Å². The first-order valence-corrected chi connectivity index (χ1v) is 26.7. The predicted molar refractivity (Wildman–Crippen MR) is 256 cm³/mol. The summed E-state index contributed by atoms with van der Waals surface area (Å²) in [6.07, 6.45) is 55.0. The van der Waals surface area contributed by atoms with E-state index in [1.165, 1.54) is 199 Å². The molecule has 0 aromatic rings. The van der Waals surface area contributed by atoms with Crippen LogP contribution < -0.4 is 0 Å². The van der Waals surface area contributed by atoms with Gasteiger partial charge in [-0.25, -0.2) is 0 Å². The maximum Gasteiger partial charge on any atom is 0.306 e. The lowest BCUT2D eigenvalue weighted by Crippen LogP contribution is -2.30.